The van der Waals surface area contributed by atoms with Gasteiger partial charge >= 0.3 is 6.09 Å². The maximum absolute atomic E-state index is 13.1. The smallest absolute Gasteiger partial charge is 0.410 e. The van der Waals surface area contributed by atoms with Crippen molar-refractivity contribution in [1.29, 1.82) is 0 Å². The third-order valence-electron chi connectivity index (χ3n) is 5.76. The minimum absolute atomic E-state index is 0.136. The van der Waals surface area contributed by atoms with Gasteiger partial charge in [0.25, 0.3) is 0 Å². The fourth-order valence-electron chi connectivity index (χ4n) is 4.21. The van der Waals surface area contributed by atoms with Crippen molar-refractivity contribution in [3.8, 4) is 5.75 Å². The van der Waals surface area contributed by atoms with Gasteiger partial charge in [-0.15, -0.1) is 6.58 Å². The van der Waals surface area contributed by atoms with E-state index in [0.29, 0.717) is 38.2 Å². The molecule has 0 saturated carbocycles. The molecule has 1 heterocycles. The number of para-hydroxylation sites is 1. The monoisotopic (exact) mass is 435 g/mol. The molecular formula is C27H33NO4. The molecule has 0 N–H and O–H groups in total. The van der Waals surface area contributed by atoms with Crippen molar-refractivity contribution in [2.75, 3.05) is 6.61 Å². The number of nitrogens with zero attached hydrogens (tertiary/aromatic N) is 1. The van der Waals surface area contributed by atoms with Gasteiger partial charge in [0.2, 0.25) is 0 Å². The molecule has 0 aliphatic carbocycles. The molecular weight excluding hydrogens is 402 g/mol. The van der Waals surface area contributed by atoms with Crippen molar-refractivity contribution in [1.82, 2.24) is 4.90 Å². The Balaban J connectivity index is 1.60. The van der Waals surface area contributed by atoms with Gasteiger partial charge in [0.1, 0.15) is 11.5 Å². The lowest BCUT2D eigenvalue weighted by molar-refractivity contribution is -0.124. The maximum atomic E-state index is 13.1. The van der Waals surface area contributed by atoms with Crippen molar-refractivity contribution >= 4 is 11.9 Å². The van der Waals surface area contributed by atoms with Gasteiger partial charge in [-0.25, -0.2) is 4.79 Å². The van der Waals surface area contributed by atoms with Gasteiger partial charge in [-0.05, 0) is 49.8 Å². The lowest BCUT2D eigenvalue weighted by Crippen LogP contribution is -2.53. The van der Waals surface area contributed by atoms with E-state index in [1.54, 1.807) is 12.1 Å². The number of ketones is 1. The number of likely N-dealkylation sites (tertiary alicyclic amines) is 1. The van der Waals surface area contributed by atoms with Crippen LogP contribution in [0, 0.1) is 0 Å². The summed E-state index contributed by atoms with van der Waals surface area (Å²) in [5, 5.41) is 0. The zero-order valence-electron chi connectivity index (χ0n) is 18.7. The Hall–Kier alpha value is -2.92. The van der Waals surface area contributed by atoms with E-state index in [2.05, 4.69) is 6.58 Å². The Morgan fingerprint density at radius 1 is 0.969 bits per heavy atom. The summed E-state index contributed by atoms with van der Waals surface area (Å²) in [7, 11) is 0. The van der Waals surface area contributed by atoms with Crippen LogP contribution in [0.15, 0.2) is 73.3 Å². The highest BCUT2D eigenvalue weighted by Gasteiger charge is 2.38. The van der Waals surface area contributed by atoms with Crippen molar-refractivity contribution < 1.29 is 19.1 Å². The average molecular weight is 436 g/mol. The van der Waals surface area contributed by atoms with Gasteiger partial charge in [-0.2, -0.15) is 0 Å². The summed E-state index contributed by atoms with van der Waals surface area (Å²) < 4.78 is 11.5. The van der Waals surface area contributed by atoms with Crippen LogP contribution in [0.3, 0.4) is 0 Å². The number of ether oxygens (including phenoxy) is 2. The van der Waals surface area contributed by atoms with Crippen LogP contribution in [0.1, 0.15) is 50.5 Å². The van der Waals surface area contributed by atoms with Gasteiger partial charge in [-0.3, -0.25) is 4.79 Å². The fourth-order valence-corrected chi connectivity index (χ4v) is 4.21. The number of Topliss-reactive ketones (excluding diaryl/α,β-unsaturated/α-hetero) is 1. The molecule has 1 amide bonds. The number of carbonyl (C=O) groups excluding carboxylic acids is 2. The second-order valence-corrected chi connectivity index (χ2v) is 8.24. The number of rotatable bonds is 11. The highest BCUT2D eigenvalue weighted by Crippen LogP contribution is 2.28. The number of amides is 1. The first-order chi connectivity index (χ1) is 15.7. The topological polar surface area (TPSA) is 55.8 Å². The van der Waals surface area contributed by atoms with E-state index >= 15 is 0 Å². The van der Waals surface area contributed by atoms with Gasteiger partial charge < -0.3 is 14.4 Å². The Kier molecular flexibility index (Phi) is 9.51. The van der Waals surface area contributed by atoms with Crippen molar-refractivity contribution in [2.24, 2.45) is 0 Å². The molecule has 1 aliphatic rings. The van der Waals surface area contributed by atoms with E-state index in [9.17, 15) is 9.59 Å². The highest BCUT2D eigenvalue weighted by atomic mass is 16.6. The molecule has 5 nitrogen and oxygen atoms in total. The number of piperidine rings is 1. The third-order valence-corrected chi connectivity index (χ3v) is 5.76. The summed E-state index contributed by atoms with van der Waals surface area (Å²) in [6, 6.07) is 18.8. The minimum atomic E-state index is -0.373. The van der Waals surface area contributed by atoms with Crippen LogP contribution in [0.4, 0.5) is 4.79 Å². The first-order valence-electron chi connectivity index (χ1n) is 11.5. The van der Waals surface area contributed by atoms with Crippen LogP contribution in [0.5, 0.6) is 5.75 Å². The fraction of sp³-hybridized carbons (Fsp3) is 0.407. The predicted molar refractivity (Wildman–Crippen MR) is 126 cm³/mol. The first-order valence-corrected chi connectivity index (χ1v) is 11.5. The van der Waals surface area contributed by atoms with Crippen LogP contribution in [-0.2, 0) is 16.1 Å². The van der Waals surface area contributed by atoms with E-state index in [1.807, 2.05) is 59.5 Å². The maximum Gasteiger partial charge on any atom is 0.415 e. The minimum Gasteiger partial charge on any atom is -0.410 e. The molecule has 2 aromatic carbocycles. The molecule has 0 aromatic heterocycles. The van der Waals surface area contributed by atoms with E-state index in [4.69, 9.17) is 9.47 Å². The lowest BCUT2D eigenvalue weighted by Gasteiger charge is -2.41. The number of hydrogen-bond donors (Lipinski definition) is 0. The Morgan fingerprint density at radius 2 is 1.59 bits per heavy atom. The molecule has 0 unspecified atom stereocenters. The number of unbranched alkanes of at least 4 members (excludes halogenated alkanes) is 1. The van der Waals surface area contributed by atoms with Crippen LogP contribution in [-0.4, -0.2) is 35.5 Å². The standard InChI is InChI=1S/C27H33NO4/c1-2-3-6-14-23-19-25(29)20-24(15-11-18-31-21-22-12-7-4-8-13-22)28(23)27(30)32-26-16-9-5-10-17-26/h2,4-5,7-10,12-13,16-17,23-24H,1,3,6,11,14-15,18-21H2/t23-,24+/m0/s1. The summed E-state index contributed by atoms with van der Waals surface area (Å²) in [5.74, 6) is 0.733. The largest absolute Gasteiger partial charge is 0.415 e. The third kappa shape index (κ3) is 7.34. The molecule has 1 saturated heterocycles. The Morgan fingerprint density at radius 3 is 2.25 bits per heavy atom. The number of carbonyl (C=O) groups is 2. The molecule has 1 aliphatic heterocycles. The van der Waals surface area contributed by atoms with Crippen molar-refractivity contribution in [3.05, 3.63) is 78.9 Å². The van der Waals surface area contributed by atoms with Crippen LogP contribution >= 0.6 is 0 Å². The molecule has 5 heteroatoms. The first kappa shape index (κ1) is 23.7. The van der Waals surface area contributed by atoms with Gasteiger partial charge in [0.05, 0.1) is 6.61 Å². The predicted octanol–water partition coefficient (Wildman–Crippen LogP) is 5.94. The van der Waals surface area contributed by atoms with E-state index < -0.39 is 0 Å². The van der Waals surface area contributed by atoms with E-state index in [1.165, 1.54) is 0 Å². The normalized spacial score (nSPS) is 18.4. The zero-order chi connectivity index (χ0) is 22.6. The molecule has 0 spiro atoms. The lowest BCUT2D eigenvalue weighted by atomic mass is 9.89. The zero-order valence-corrected chi connectivity index (χ0v) is 18.7. The second kappa shape index (κ2) is 12.8. The molecule has 170 valence electrons. The van der Waals surface area contributed by atoms with Gasteiger partial charge in [0.15, 0.2) is 0 Å². The number of hydrogen-bond acceptors (Lipinski definition) is 4. The number of allylic oxidation sites excluding steroid dienone is 1. The van der Waals surface area contributed by atoms with Crippen molar-refractivity contribution in [2.45, 2.75) is 63.6 Å². The summed E-state index contributed by atoms with van der Waals surface area (Å²) in [4.78, 5) is 27.4. The molecule has 1 fully saturated rings. The summed E-state index contributed by atoms with van der Waals surface area (Å²) in [6.45, 7) is 4.93. The SMILES string of the molecule is C=CCCC[C@H]1CC(=O)C[C@@H](CCCOCc2ccccc2)N1C(=O)Oc1ccccc1. The second-order valence-electron chi connectivity index (χ2n) is 8.24. The molecule has 0 bridgehead atoms. The Labute approximate surface area is 191 Å². The highest BCUT2D eigenvalue weighted by molar-refractivity contribution is 5.83. The van der Waals surface area contributed by atoms with Crippen LogP contribution in [0.2, 0.25) is 0 Å². The van der Waals surface area contributed by atoms with Gasteiger partial charge in [0, 0.05) is 31.5 Å². The Bertz CT molecular complexity index is 852. The summed E-state index contributed by atoms with van der Waals surface area (Å²) in [5.41, 5.74) is 1.13. The molecule has 2 aromatic rings. The van der Waals surface area contributed by atoms with Crippen LogP contribution < -0.4 is 4.74 Å². The summed E-state index contributed by atoms with van der Waals surface area (Å²) in [6.07, 6.45) is 6.28. The quantitative estimate of drug-likeness (QED) is 0.324. The molecule has 3 rings (SSSR count). The summed E-state index contributed by atoms with van der Waals surface area (Å²) >= 11 is 0. The average Bonchev–Trinajstić information content (AvgIpc) is 2.80. The van der Waals surface area contributed by atoms with E-state index in [0.717, 1.165) is 31.2 Å². The van der Waals surface area contributed by atoms with Crippen LogP contribution in [0.25, 0.3) is 0 Å². The molecule has 0 radical (unpaired) electrons. The van der Waals surface area contributed by atoms with E-state index in [-0.39, 0.29) is 24.0 Å². The van der Waals surface area contributed by atoms with Gasteiger partial charge in [-0.1, -0.05) is 54.6 Å². The number of benzene rings is 2. The molecule has 32 heavy (non-hydrogen) atoms. The molecule has 2 atom stereocenters. The van der Waals surface area contributed by atoms with Crippen molar-refractivity contribution in [3.63, 3.8) is 0 Å².